The molecule has 3 rings (SSSR count). The number of hydrogen-bond acceptors (Lipinski definition) is 11. The van der Waals surface area contributed by atoms with Crippen molar-refractivity contribution in [1.29, 1.82) is 0 Å². The van der Waals surface area contributed by atoms with E-state index in [1.165, 1.54) is 24.1 Å². The molecule has 2 aliphatic heterocycles. The number of carboxylic acids is 1. The number of nitrogen functional groups attached to an aromatic ring is 1. The van der Waals surface area contributed by atoms with E-state index in [1.54, 1.807) is 0 Å². The number of thiazole rings is 1. The number of carbonyl (C=O) groups is 4. The molecule has 0 saturated carbocycles. The maximum absolute atomic E-state index is 13.0. The summed E-state index contributed by atoms with van der Waals surface area (Å²) in [4.78, 5) is 58.9. The minimum Gasteiger partial charge on any atom is -0.478 e. The Bertz CT molecular complexity index is 1160. The minimum absolute atomic E-state index is 0.0655. The number of nitrogens with one attached hydrogen (secondary N) is 1. The molecule has 5 N–H and O–H groups in total. The zero-order chi connectivity index (χ0) is 25.4. The van der Waals surface area contributed by atoms with Gasteiger partial charge in [0.25, 0.3) is 11.8 Å². The van der Waals surface area contributed by atoms with Crippen molar-refractivity contribution >= 4 is 56.2 Å². The molecule has 3 amide bonds. The number of nitrogens with zero attached hydrogens (tertiary/aromatic N) is 4. The highest BCUT2D eigenvalue weighted by molar-refractivity contribution is 7.84. The van der Waals surface area contributed by atoms with Gasteiger partial charge in [0.15, 0.2) is 10.8 Å². The van der Waals surface area contributed by atoms with Crippen molar-refractivity contribution in [2.24, 2.45) is 5.16 Å². The van der Waals surface area contributed by atoms with Crippen molar-refractivity contribution in [3.8, 4) is 0 Å². The van der Waals surface area contributed by atoms with E-state index in [4.69, 9.17) is 10.6 Å². The van der Waals surface area contributed by atoms with E-state index < -0.39 is 51.5 Å². The fraction of sp³-hybridized carbons (Fsp3) is 0.529. The van der Waals surface area contributed by atoms with Gasteiger partial charge in [-0.25, -0.2) is 14.1 Å². The van der Waals surface area contributed by atoms with Crippen LogP contribution in [-0.2, 0) is 34.3 Å². The number of rotatable bonds is 9. The Balaban J connectivity index is 1.87. The van der Waals surface area contributed by atoms with Gasteiger partial charge in [-0.3, -0.25) is 18.9 Å². The number of aromatic nitrogens is 1. The Kier molecular flexibility index (Phi) is 6.81. The highest BCUT2D eigenvalue weighted by Crippen LogP contribution is 2.26. The van der Waals surface area contributed by atoms with Crippen LogP contribution in [0.25, 0.3) is 0 Å². The van der Waals surface area contributed by atoms with Gasteiger partial charge in [-0.15, -0.1) is 11.3 Å². The molecule has 0 radical (unpaired) electrons. The van der Waals surface area contributed by atoms with Crippen molar-refractivity contribution < 1.29 is 42.1 Å². The van der Waals surface area contributed by atoms with Gasteiger partial charge in [-0.1, -0.05) is 5.16 Å². The van der Waals surface area contributed by atoms with Gasteiger partial charge in [0.05, 0.1) is 6.04 Å². The summed E-state index contributed by atoms with van der Waals surface area (Å²) in [5, 5.41) is 16.5. The number of anilines is 1. The van der Waals surface area contributed by atoms with Gasteiger partial charge in [-0.05, 0) is 20.3 Å². The van der Waals surface area contributed by atoms with Crippen molar-refractivity contribution in [3.63, 3.8) is 0 Å². The monoisotopic (exact) mass is 518 g/mol. The smallest absolute Gasteiger partial charge is 0.362 e. The molecule has 3 heterocycles. The third-order valence-corrected chi connectivity index (χ3v) is 6.76. The summed E-state index contributed by atoms with van der Waals surface area (Å²) in [5.74, 6) is -3.81. The number of carbonyl (C=O) groups excluding carboxylic acids is 3. The van der Waals surface area contributed by atoms with Crippen molar-refractivity contribution in [1.82, 2.24) is 19.5 Å². The summed E-state index contributed by atoms with van der Waals surface area (Å²) in [6.45, 7) is 2.46. The first-order valence-electron chi connectivity index (χ1n) is 9.82. The number of hydrogen-bond donors (Lipinski definition) is 4. The van der Waals surface area contributed by atoms with Crippen LogP contribution >= 0.6 is 11.3 Å². The molecule has 2 atom stereocenters. The molecule has 0 unspecified atom stereocenters. The molecular weight excluding hydrogens is 496 g/mol. The van der Waals surface area contributed by atoms with Crippen molar-refractivity contribution in [2.75, 3.05) is 18.8 Å². The van der Waals surface area contributed by atoms with Gasteiger partial charge < -0.3 is 25.9 Å². The van der Waals surface area contributed by atoms with Crippen molar-refractivity contribution in [2.45, 2.75) is 44.4 Å². The fourth-order valence-electron chi connectivity index (χ4n) is 3.27. The van der Waals surface area contributed by atoms with Crippen LogP contribution in [0.4, 0.5) is 5.13 Å². The molecule has 0 aliphatic carbocycles. The normalized spacial score (nSPS) is 21.4. The topological polar surface area (TPSA) is 222 Å². The number of amides is 3. The van der Waals surface area contributed by atoms with Crippen LogP contribution in [0.2, 0.25) is 0 Å². The first kappa shape index (κ1) is 25.3. The Morgan fingerprint density at radius 2 is 2.09 bits per heavy atom. The van der Waals surface area contributed by atoms with Crippen LogP contribution in [0, 0.1) is 0 Å². The minimum atomic E-state index is -4.95. The van der Waals surface area contributed by atoms with Gasteiger partial charge in [-0.2, -0.15) is 8.42 Å². The van der Waals surface area contributed by atoms with E-state index >= 15 is 0 Å². The predicted molar refractivity (Wildman–Crippen MR) is 116 cm³/mol. The van der Waals surface area contributed by atoms with E-state index in [9.17, 15) is 37.3 Å². The van der Waals surface area contributed by atoms with Gasteiger partial charge >= 0.3 is 16.3 Å². The Morgan fingerprint density at radius 1 is 1.41 bits per heavy atom. The van der Waals surface area contributed by atoms with E-state index in [2.05, 4.69) is 15.5 Å². The first-order valence-corrected chi connectivity index (χ1v) is 12.1. The molecule has 1 aromatic rings. The summed E-state index contributed by atoms with van der Waals surface area (Å²) < 4.78 is 33.0. The molecular formula is C17H22N6O9S2. The second-order valence-corrected chi connectivity index (χ2v) is 10.2. The highest BCUT2D eigenvalue weighted by Gasteiger charge is 2.55. The summed E-state index contributed by atoms with van der Waals surface area (Å²) in [6.07, 6.45) is 0.795. The van der Waals surface area contributed by atoms with Crippen LogP contribution in [0.5, 0.6) is 0 Å². The number of oxime groups is 1. The van der Waals surface area contributed by atoms with E-state index in [-0.39, 0.29) is 34.0 Å². The van der Waals surface area contributed by atoms with Crippen LogP contribution in [0.15, 0.2) is 10.5 Å². The van der Waals surface area contributed by atoms with Gasteiger partial charge in [0, 0.05) is 24.9 Å². The first-order chi connectivity index (χ1) is 15.7. The molecule has 0 spiro atoms. The standard InChI is InChI=1S/C17H22N6O9S2/c1-17(2,15(27)28)32-21-11(8-7-33-16(18)19-8)13(25)20-12-9(6-22-5-3-4-10(22)24)23(14(12)26)34(29,30)31/h7,9,12H,3-6H2,1-2H3,(H2,18,19)(H,20,25)(H,27,28)(H,29,30,31)/t9-,12+/m1/s1. The number of carboxylic acid groups (broad SMARTS) is 1. The average molecular weight is 519 g/mol. The quantitative estimate of drug-likeness (QED) is 0.126. The largest absolute Gasteiger partial charge is 0.478 e. The lowest BCUT2D eigenvalue weighted by molar-refractivity contribution is -0.161. The number of aliphatic carboxylic acids is 1. The average Bonchev–Trinajstić information content (AvgIpc) is 3.32. The van der Waals surface area contributed by atoms with Crippen LogP contribution in [-0.4, -0.2) is 92.4 Å². The zero-order valence-electron chi connectivity index (χ0n) is 18.0. The van der Waals surface area contributed by atoms with E-state index in [1.807, 2.05) is 0 Å². The van der Waals surface area contributed by atoms with Crippen molar-refractivity contribution in [3.05, 3.63) is 11.1 Å². The zero-order valence-corrected chi connectivity index (χ0v) is 19.6. The molecule has 0 bridgehead atoms. The van der Waals surface area contributed by atoms with Gasteiger partial charge in [0.1, 0.15) is 11.7 Å². The molecule has 17 heteroatoms. The van der Waals surface area contributed by atoms with Gasteiger partial charge in [0.2, 0.25) is 11.5 Å². The highest BCUT2D eigenvalue weighted by atomic mass is 32.2. The molecule has 1 aromatic heterocycles. The maximum atomic E-state index is 13.0. The van der Waals surface area contributed by atoms with Crippen LogP contribution < -0.4 is 11.1 Å². The summed E-state index contributed by atoms with van der Waals surface area (Å²) in [6, 6.07) is -2.71. The molecule has 0 aromatic carbocycles. The lowest BCUT2D eigenvalue weighted by Gasteiger charge is -2.45. The number of likely N-dealkylation sites (tertiary alicyclic amines) is 1. The molecule has 2 aliphatic rings. The second kappa shape index (κ2) is 9.15. The SMILES string of the molecule is CC(C)(ON=C(C(=O)N[C@@H]1C(=O)N(S(=O)(=O)O)[C@@H]1CN1CCCC1=O)c1csc(N)n1)C(=O)O. The lowest BCUT2D eigenvalue weighted by Crippen LogP contribution is -2.74. The second-order valence-electron chi connectivity index (χ2n) is 7.99. The fourth-order valence-corrected chi connectivity index (χ4v) is 4.69. The van der Waals surface area contributed by atoms with Crippen LogP contribution in [0.1, 0.15) is 32.4 Å². The summed E-state index contributed by atoms with van der Waals surface area (Å²) in [7, 11) is -4.95. The Morgan fingerprint density at radius 3 is 2.59 bits per heavy atom. The third-order valence-electron chi connectivity index (χ3n) is 5.14. The number of β-lactam (4-membered cyclic amide) rings is 1. The maximum Gasteiger partial charge on any atom is 0.362 e. The van der Waals surface area contributed by atoms with E-state index in [0.717, 1.165) is 11.3 Å². The molecule has 34 heavy (non-hydrogen) atoms. The third kappa shape index (κ3) is 5.10. The summed E-state index contributed by atoms with van der Waals surface area (Å²) >= 11 is 0.957. The van der Waals surface area contributed by atoms with Crippen LogP contribution in [0.3, 0.4) is 0 Å². The predicted octanol–water partition coefficient (Wildman–Crippen LogP) is -1.57. The number of nitrogens with two attached hydrogens (primary N) is 1. The summed E-state index contributed by atoms with van der Waals surface area (Å²) in [5.41, 5.74) is 3.18. The molecule has 186 valence electrons. The van der Waals surface area contributed by atoms with E-state index in [0.29, 0.717) is 13.0 Å². The Hall–Kier alpha value is -3.31. The Labute approximate surface area is 197 Å². The molecule has 2 fully saturated rings. The molecule has 15 nitrogen and oxygen atoms in total. The lowest BCUT2D eigenvalue weighted by atomic mass is 9.97. The molecule has 2 saturated heterocycles.